The molecule has 3 rings (SSSR count). The molecule has 0 aliphatic carbocycles. The summed E-state index contributed by atoms with van der Waals surface area (Å²) in [7, 11) is 1.55. The van der Waals surface area contributed by atoms with Crippen molar-refractivity contribution in [1.82, 2.24) is 5.32 Å². The Labute approximate surface area is 139 Å². The number of carbonyl (C=O) groups excluding carboxylic acids is 1. The van der Waals surface area contributed by atoms with Crippen LogP contribution in [0.1, 0.15) is 17.5 Å². The van der Waals surface area contributed by atoms with Crippen molar-refractivity contribution in [1.29, 1.82) is 5.26 Å². The zero-order valence-corrected chi connectivity index (χ0v) is 13.0. The van der Waals surface area contributed by atoms with Gasteiger partial charge in [0.15, 0.2) is 12.4 Å². The Hall–Kier alpha value is -3.33. The van der Waals surface area contributed by atoms with E-state index >= 15 is 0 Å². The van der Waals surface area contributed by atoms with Crippen molar-refractivity contribution in [3.63, 3.8) is 0 Å². The number of hydrogen-bond donors (Lipinski definition) is 2. The average molecular weight is 322 g/mol. The lowest BCUT2D eigenvalue weighted by Gasteiger charge is -2.27. The number of allylic oxidation sites excluding steroid dienone is 1. The van der Waals surface area contributed by atoms with Gasteiger partial charge in [0, 0.05) is 12.1 Å². The van der Waals surface area contributed by atoms with E-state index in [1.807, 2.05) is 18.2 Å². The zero-order chi connectivity index (χ0) is 17.1. The molecule has 0 bridgehead atoms. The number of nitrogens with one attached hydrogen (secondary N) is 1. The number of hydrogen-bond acceptors (Lipinski definition) is 4. The van der Waals surface area contributed by atoms with Crippen LogP contribution in [-0.2, 0) is 4.79 Å². The molecule has 1 aromatic carbocycles. The van der Waals surface area contributed by atoms with Crippen LogP contribution in [0.25, 0.3) is 0 Å². The normalized spacial score (nSPS) is 20.2. The van der Waals surface area contributed by atoms with Crippen LogP contribution in [0.5, 0.6) is 5.75 Å². The number of methoxy groups -OCH3 is 1. The van der Waals surface area contributed by atoms with Gasteiger partial charge in [-0.25, -0.2) is 0 Å². The van der Waals surface area contributed by atoms with Gasteiger partial charge in [0.1, 0.15) is 17.4 Å². The summed E-state index contributed by atoms with van der Waals surface area (Å²) in [6.45, 7) is 0. The van der Waals surface area contributed by atoms with Crippen molar-refractivity contribution in [2.24, 2.45) is 0 Å². The minimum Gasteiger partial charge on any atom is -0.497 e. The fraction of sp³-hybridized carbons (Fsp3) is 0.167. The van der Waals surface area contributed by atoms with Gasteiger partial charge in [-0.05, 0) is 17.7 Å². The maximum Gasteiger partial charge on any atom is 0.296 e. The van der Waals surface area contributed by atoms with E-state index in [-0.39, 0.29) is 11.5 Å². The molecule has 0 saturated heterocycles. The van der Waals surface area contributed by atoms with Gasteiger partial charge in [-0.3, -0.25) is 10.1 Å². The topological polar surface area (TPSA) is 86.2 Å². The second-order valence-electron chi connectivity index (χ2n) is 5.39. The standard InChI is InChI=1S/C18H15N3O3/c1-24-13-7-5-6-12(10-13)15-14(11-19)17(22)20-18(23)16(15)21-8-3-2-4-9-21/h2-10,15-16H,1H3,(H-,20,22,23)/p+1/t15-,16+/m0/s1. The molecule has 6 heteroatoms. The van der Waals surface area contributed by atoms with Crippen LogP contribution in [0.4, 0.5) is 0 Å². The molecule has 6 nitrogen and oxygen atoms in total. The van der Waals surface area contributed by atoms with Crippen LogP contribution in [0.2, 0.25) is 0 Å². The highest BCUT2D eigenvalue weighted by Crippen LogP contribution is 2.37. The molecule has 2 N–H and O–H groups in total. The summed E-state index contributed by atoms with van der Waals surface area (Å²) in [5.41, 5.74) is 0.831. The van der Waals surface area contributed by atoms with E-state index in [4.69, 9.17) is 4.74 Å². The van der Waals surface area contributed by atoms with Crippen LogP contribution in [0.15, 0.2) is 66.3 Å². The van der Waals surface area contributed by atoms with E-state index in [9.17, 15) is 15.2 Å². The fourth-order valence-corrected chi connectivity index (χ4v) is 2.93. The molecule has 1 amide bonds. The highest BCUT2D eigenvalue weighted by Gasteiger charge is 2.45. The van der Waals surface area contributed by atoms with Crippen molar-refractivity contribution >= 4 is 5.91 Å². The minimum absolute atomic E-state index is 0.115. The number of nitriles is 1. The Morgan fingerprint density at radius 2 is 2.00 bits per heavy atom. The molecule has 0 saturated carbocycles. The summed E-state index contributed by atoms with van der Waals surface area (Å²) in [6.07, 6.45) is 3.52. The van der Waals surface area contributed by atoms with E-state index in [0.29, 0.717) is 11.3 Å². The zero-order valence-electron chi connectivity index (χ0n) is 13.0. The first-order valence-electron chi connectivity index (χ1n) is 7.39. The number of benzene rings is 1. The second-order valence-corrected chi connectivity index (χ2v) is 5.39. The van der Waals surface area contributed by atoms with Gasteiger partial charge in [-0.2, -0.15) is 9.83 Å². The molecule has 2 atom stereocenters. The van der Waals surface area contributed by atoms with Crippen molar-refractivity contribution in [3.8, 4) is 11.8 Å². The summed E-state index contributed by atoms with van der Waals surface area (Å²) in [5.74, 6) is -0.781. The number of ether oxygens (including phenoxy) is 1. The molecule has 0 radical (unpaired) electrons. The Morgan fingerprint density at radius 1 is 1.25 bits per heavy atom. The predicted octanol–water partition coefficient (Wildman–Crippen LogP) is 1.73. The maximum absolute atomic E-state index is 12.5. The summed E-state index contributed by atoms with van der Waals surface area (Å²) >= 11 is 0. The molecule has 0 unspecified atom stereocenters. The largest absolute Gasteiger partial charge is 0.497 e. The molecule has 0 spiro atoms. The number of nitrogens with zero attached hydrogens (tertiary/aromatic N) is 2. The van der Waals surface area contributed by atoms with Gasteiger partial charge in [0.25, 0.3) is 5.91 Å². The molecule has 2 aromatic rings. The summed E-state index contributed by atoms with van der Waals surface area (Å²) in [4.78, 5) is 12.5. The quantitative estimate of drug-likeness (QED) is 0.843. The van der Waals surface area contributed by atoms with Crippen molar-refractivity contribution in [2.75, 3.05) is 7.11 Å². The third kappa shape index (κ3) is 2.68. The summed E-state index contributed by atoms with van der Waals surface area (Å²) in [6, 6.07) is 13.9. The van der Waals surface area contributed by atoms with Crippen molar-refractivity contribution < 1.29 is 19.2 Å². The van der Waals surface area contributed by atoms with Crippen LogP contribution in [-0.4, -0.2) is 18.1 Å². The molecule has 1 aliphatic rings. The Bertz CT molecular complexity index is 840. The van der Waals surface area contributed by atoms with Crippen molar-refractivity contribution in [2.45, 2.75) is 12.0 Å². The SMILES string of the molecule is COc1cccc([C@H]2C(C#N)=C(O)NC(=O)[C@@H]2[n+]2ccccc2)c1. The van der Waals surface area contributed by atoms with Crippen LogP contribution >= 0.6 is 0 Å². The van der Waals surface area contributed by atoms with Gasteiger partial charge < -0.3 is 9.84 Å². The first-order chi connectivity index (χ1) is 11.7. The molecular weight excluding hydrogens is 306 g/mol. The third-order valence-corrected chi connectivity index (χ3v) is 4.03. The van der Waals surface area contributed by atoms with E-state index in [1.165, 1.54) is 0 Å². The second kappa shape index (κ2) is 6.42. The molecular formula is C18H16N3O3+. The van der Waals surface area contributed by atoms with Gasteiger partial charge in [-0.15, -0.1) is 0 Å². The number of carbonyl (C=O) groups is 1. The maximum atomic E-state index is 12.5. The molecule has 1 aliphatic heterocycles. The molecule has 120 valence electrons. The first-order valence-corrected chi connectivity index (χ1v) is 7.39. The number of rotatable bonds is 3. The van der Waals surface area contributed by atoms with Crippen LogP contribution in [0.3, 0.4) is 0 Å². The van der Waals surface area contributed by atoms with Gasteiger partial charge in [0.2, 0.25) is 11.9 Å². The number of aliphatic hydroxyl groups is 1. The average Bonchev–Trinajstić information content (AvgIpc) is 2.62. The van der Waals surface area contributed by atoms with E-state index in [0.717, 1.165) is 0 Å². The number of aromatic nitrogens is 1. The molecule has 2 heterocycles. The van der Waals surface area contributed by atoms with Crippen LogP contribution in [0, 0.1) is 11.3 Å². The number of pyridine rings is 1. The van der Waals surface area contributed by atoms with Gasteiger partial charge in [0.05, 0.1) is 13.0 Å². The van der Waals surface area contributed by atoms with Gasteiger partial charge >= 0.3 is 0 Å². The van der Waals surface area contributed by atoms with E-state index < -0.39 is 17.8 Å². The number of amides is 1. The Balaban J connectivity index is 2.19. The fourth-order valence-electron chi connectivity index (χ4n) is 2.93. The van der Waals surface area contributed by atoms with Crippen LogP contribution < -0.4 is 14.6 Å². The summed E-state index contributed by atoms with van der Waals surface area (Å²) < 4.78 is 6.97. The lowest BCUT2D eigenvalue weighted by Crippen LogP contribution is -2.53. The minimum atomic E-state index is -0.691. The number of aliphatic hydroxyl groups excluding tert-OH is 1. The highest BCUT2D eigenvalue weighted by atomic mass is 16.5. The smallest absolute Gasteiger partial charge is 0.296 e. The first kappa shape index (κ1) is 15.6. The lowest BCUT2D eigenvalue weighted by molar-refractivity contribution is -0.711. The Kier molecular flexibility index (Phi) is 4.17. The van der Waals surface area contributed by atoms with Gasteiger partial charge in [-0.1, -0.05) is 18.2 Å². The van der Waals surface area contributed by atoms with E-state index in [1.54, 1.807) is 54.4 Å². The molecule has 24 heavy (non-hydrogen) atoms. The third-order valence-electron chi connectivity index (χ3n) is 4.03. The predicted molar refractivity (Wildman–Crippen MR) is 84.8 cm³/mol. The van der Waals surface area contributed by atoms with E-state index in [2.05, 4.69) is 5.32 Å². The molecule has 1 aromatic heterocycles. The monoisotopic (exact) mass is 322 g/mol. The van der Waals surface area contributed by atoms with Crippen molar-refractivity contribution in [3.05, 3.63) is 71.9 Å². The highest BCUT2D eigenvalue weighted by molar-refractivity contribution is 5.84. The summed E-state index contributed by atoms with van der Waals surface area (Å²) in [5, 5.41) is 21.9. The Morgan fingerprint density at radius 3 is 2.67 bits per heavy atom. The molecule has 0 fully saturated rings. The lowest BCUT2D eigenvalue weighted by atomic mass is 9.82.